The molecule has 0 aliphatic rings. The van der Waals surface area contributed by atoms with Crippen LogP contribution in [-0.4, -0.2) is 32.4 Å². The van der Waals surface area contributed by atoms with Crippen molar-refractivity contribution in [1.29, 1.82) is 0 Å². The fraction of sp³-hybridized carbons (Fsp3) is 0.211. The molecule has 0 atom stereocenters. The van der Waals surface area contributed by atoms with Gasteiger partial charge in [-0.15, -0.1) is 10.2 Å². The summed E-state index contributed by atoms with van der Waals surface area (Å²) in [5.41, 5.74) is 1.97. The molecule has 0 unspecified atom stereocenters. The Morgan fingerprint density at radius 1 is 0.875 bits per heavy atom. The highest BCUT2D eigenvalue weighted by Gasteiger charge is 2.21. The van der Waals surface area contributed by atoms with Crippen LogP contribution in [0.3, 0.4) is 0 Å². The minimum atomic E-state index is -0.520. The Morgan fingerprint density at radius 2 is 1.46 bits per heavy atom. The van der Waals surface area contributed by atoms with Crippen LogP contribution in [-0.2, 0) is 0 Å². The number of hydrogen-bond acceptors (Lipinski definition) is 5. The average molecular weight is 320 g/mol. The Kier molecular flexibility index (Phi) is 4.53. The first-order chi connectivity index (χ1) is 11.6. The Morgan fingerprint density at radius 3 is 2.04 bits per heavy atom. The van der Waals surface area contributed by atoms with Crippen LogP contribution >= 0.6 is 0 Å². The van der Waals surface area contributed by atoms with Crippen LogP contribution in [0.5, 0.6) is 0 Å². The van der Waals surface area contributed by atoms with Crippen molar-refractivity contribution in [3.63, 3.8) is 0 Å². The highest BCUT2D eigenvalue weighted by molar-refractivity contribution is 5.73. The van der Waals surface area contributed by atoms with Crippen molar-refractivity contribution in [2.24, 2.45) is 0 Å². The van der Waals surface area contributed by atoms with E-state index in [0.29, 0.717) is 17.3 Å². The van der Waals surface area contributed by atoms with Crippen molar-refractivity contribution >= 4 is 5.82 Å². The second-order valence-corrected chi connectivity index (χ2v) is 6.23. The lowest BCUT2D eigenvalue weighted by atomic mass is 10.1. The third kappa shape index (κ3) is 3.58. The molecule has 0 saturated carbocycles. The van der Waals surface area contributed by atoms with Crippen LogP contribution in [0.25, 0.3) is 22.6 Å². The number of rotatable bonds is 5. The molecule has 2 aromatic carbocycles. The first-order valence-electron chi connectivity index (χ1n) is 7.84. The predicted molar refractivity (Wildman–Crippen MR) is 95.5 cm³/mol. The van der Waals surface area contributed by atoms with E-state index in [0.717, 1.165) is 11.1 Å². The van der Waals surface area contributed by atoms with Gasteiger partial charge in [-0.25, -0.2) is 4.98 Å². The van der Waals surface area contributed by atoms with Gasteiger partial charge in [-0.1, -0.05) is 60.7 Å². The van der Waals surface area contributed by atoms with Gasteiger partial charge in [0.2, 0.25) is 0 Å². The Labute approximate surface area is 141 Å². The van der Waals surface area contributed by atoms with Crippen LogP contribution in [0.15, 0.2) is 60.7 Å². The third-order valence-corrected chi connectivity index (χ3v) is 3.62. The van der Waals surface area contributed by atoms with Gasteiger partial charge in [-0.3, -0.25) is 0 Å². The molecule has 122 valence electrons. The number of aliphatic hydroxyl groups excluding tert-OH is 1. The van der Waals surface area contributed by atoms with E-state index < -0.39 is 5.54 Å². The normalized spacial score (nSPS) is 11.3. The molecule has 5 nitrogen and oxygen atoms in total. The first-order valence-corrected chi connectivity index (χ1v) is 7.84. The standard InChI is InChI=1S/C19H20N4O/c1-19(2,13-24)21-18-16(14-9-5-3-6-10-14)22-23-17(20-18)15-11-7-4-8-12-15/h3-12,24H,13H2,1-2H3,(H,20,21,23). The van der Waals surface area contributed by atoms with Gasteiger partial charge in [0, 0.05) is 11.1 Å². The van der Waals surface area contributed by atoms with E-state index in [9.17, 15) is 5.11 Å². The van der Waals surface area contributed by atoms with E-state index in [1.54, 1.807) is 0 Å². The van der Waals surface area contributed by atoms with Gasteiger partial charge in [-0.05, 0) is 13.8 Å². The lowest BCUT2D eigenvalue weighted by molar-refractivity contribution is 0.234. The molecule has 0 aliphatic heterocycles. The Bertz CT molecular complexity index is 804. The maximum Gasteiger partial charge on any atom is 0.183 e. The second-order valence-electron chi connectivity index (χ2n) is 6.23. The highest BCUT2D eigenvalue weighted by Crippen LogP contribution is 2.27. The van der Waals surface area contributed by atoms with Crippen molar-refractivity contribution in [2.75, 3.05) is 11.9 Å². The summed E-state index contributed by atoms with van der Waals surface area (Å²) in [7, 11) is 0. The summed E-state index contributed by atoms with van der Waals surface area (Å²) in [6.07, 6.45) is 0. The van der Waals surface area contributed by atoms with Gasteiger partial charge >= 0.3 is 0 Å². The quantitative estimate of drug-likeness (QED) is 0.754. The molecule has 3 rings (SSSR count). The van der Waals surface area contributed by atoms with Crippen molar-refractivity contribution in [1.82, 2.24) is 15.2 Å². The summed E-state index contributed by atoms with van der Waals surface area (Å²) in [5, 5.41) is 21.5. The van der Waals surface area contributed by atoms with Gasteiger partial charge in [0.05, 0.1) is 12.1 Å². The molecule has 2 N–H and O–H groups in total. The smallest absolute Gasteiger partial charge is 0.183 e. The average Bonchev–Trinajstić information content (AvgIpc) is 2.63. The molecule has 24 heavy (non-hydrogen) atoms. The minimum absolute atomic E-state index is 0.0219. The summed E-state index contributed by atoms with van der Waals surface area (Å²) < 4.78 is 0. The van der Waals surface area contributed by atoms with Gasteiger partial charge in [0.25, 0.3) is 0 Å². The van der Waals surface area contributed by atoms with E-state index in [-0.39, 0.29) is 6.61 Å². The molecule has 1 heterocycles. The van der Waals surface area contributed by atoms with Gasteiger partial charge in [0.15, 0.2) is 11.6 Å². The van der Waals surface area contributed by atoms with Crippen LogP contribution in [0.1, 0.15) is 13.8 Å². The largest absolute Gasteiger partial charge is 0.394 e. The fourth-order valence-electron chi connectivity index (χ4n) is 2.27. The number of anilines is 1. The molecular weight excluding hydrogens is 300 g/mol. The van der Waals surface area contributed by atoms with Crippen LogP contribution < -0.4 is 5.32 Å². The number of aliphatic hydroxyl groups is 1. The lowest BCUT2D eigenvalue weighted by Gasteiger charge is -2.25. The zero-order chi connectivity index (χ0) is 17.0. The number of benzene rings is 2. The molecule has 0 saturated heterocycles. The van der Waals surface area contributed by atoms with Gasteiger partial charge in [0.1, 0.15) is 5.69 Å². The van der Waals surface area contributed by atoms with E-state index in [1.165, 1.54) is 0 Å². The maximum absolute atomic E-state index is 9.58. The number of nitrogens with zero attached hydrogens (tertiary/aromatic N) is 3. The van der Waals surface area contributed by atoms with Crippen molar-refractivity contribution in [3.8, 4) is 22.6 Å². The minimum Gasteiger partial charge on any atom is -0.394 e. The van der Waals surface area contributed by atoms with Crippen LogP contribution in [0.2, 0.25) is 0 Å². The van der Waals surface area contributed by atoms with Crippen LogP contribution in [0.4, 0.5) is 5.82 Å². The molecule has 0 bridgehead atoms. The van der Waals surface area contributed by atoms with Crippen LogP contribution in [0, 0.1) is 0 Å². The van der Waals surface area contributed by atoms with Crippen molar-refractivity contribution in [2.45, 2.75) is 19.4 Å². The molecule has 5 heteroatoms. The zero-order valence-corrected chi connectivity index (χ0v) is 13.8. The Hall–Kier alpha value is -2.79. The number of nitrogens with one attached hydrogen (secondary N) is 1. The molecule has 0 fully saturated rings. The lowest BCUT2D eigenvalue weighted by Crippen LogP contribution is -2.35. The van der Waals surface area contributed by atoms with E-state index in [4.69, 9.17) is 0 Å². The monoisotopic (exact) mass is 320 g/mol. The second kappa shape index (κ2) is 6.76. The summed E-state index contributed by atoms with van der Waals surface area (Å²) >= 11 is 0. The first kappa shape index (κ1) is 16.1. The SMILES string of the molecule is CC(C)(CO)Nc1nc(-c2ccccc2)nnc1-c1ccccc1. The van der Waals surface area contributed by atoms with Crippen molar-refractivity contribution < 1.29 is 5.11 Å². The number of hydrogen-bond donors (Lipinski definition) is 2. The Balaban J connectivity index is 2.09. The summed E-state index contributed by atoms with van der Waals surface area (Å²) in [4.78, 5) is 4.66. The van der Waals surface area contributed by atoms with Gasteiger partial charge in [-0.2, -0.15) is 0 Å². The molecule has 0 spiro atoms. The predicted octanol–water partition coefficient (Wildman–Crippen LogP) is 3.39. The summed E-state index contributed by atoms with van der Waals surface area (Å²) in [6.45, 7) is 3.80. The zero-order valence-electron chi connectivity index (χ0n) is 13.8. The maximum atomic E-state index is 9.58. The van der Waals surface area contributed by atoms with E-state index in [2.05, 4.69) is 20.5 Å². The van der Waals surface area contributed by atoms with E-state index in [1.807, 2.05) is 74.5 Å². The fourth-order valence-corrected chi connectivity index (χ4v) is 2.27. The topological polar surface area (TPSA) is 70.9 Å². The number of aromatic nitrogens is 3. The molecule has 0 radical (unpaired) electrons. The molecular formula is C19H20N4O. The molecule has 3 aromatic rings. The summed E-state index contributed by atoms with van der Waals surface area (Å²) in [5.74, 6) is 1.15. The third-order valence-electron chi connectivity index (χ3n) is 3.62. The summed E-state index contributed by atoms with van der Waals surface area (Å²) in [6, 6.07) is 19.5. The van der Waals surface area contributed by atoms with Gasteiger partial charge < -0.3 is 10.4 Å². The molecule has 0 amide bonds. The van der Waals surface area contributed by atoms with E-state index >= 15 is 0 Å². The molecule has 1 aromatic heterocycles. The molecule has 0 aliphatic carbocycles. The van der Waals surface area contributed by atoms with Crippen molar-refractivity contribution in [3.05, 3.63) is 60.7 Å². The highest BCUT2D eigenvalue weighted by atomic mass is 16.3.